The minimum atomic E-state index is -4.53. The highest BCUT2D eigenvalue weighted by Crippen LogP contribution is 2.37. The topological polar surface area (TPSA) is 66.5 Å². The molecule has 6 heteroatoms. The molecule has 17 heavy (non-hydrogen) atoms. The fourth-order valence-electron chi connectivity index (χ4n) is 1.56. The molecule has 0 heterocycles. The predicted molar refractivity (Wildman–Crippen MR) is 57.1 cm³/mol. The average Bonchev–Trinajstić information content (AvgIpc) is 2.24. The van der Waals surface area contributed by atoms with E-state index in [1.807, 2.05) is 0 Å². The SMILES string of the molecule is Nc1c(C(O)CCCO)cccc1C(F)(F)F. The molecule has 0 radical (unpaired) electrons. The zero-order valence-electron chi connectivity index (χ0n) is 9.04. The van der Waals surface area contributed by atoms with Crippen molar-refractivity contribution < 1.29 is 23.4 Å². The van der Waals surface area contributed by atoms with E-state index in [4.69, 9.17) is 10.8 Å². The Morgan fingerprint density at radius 1 is 1.29 bits per heavy atom. The lowest BCUT2D eigenvalue weighted by Crippen LogP contribution is -2.12. The van der Waals surface area contributed by atoms with E-state index < -0.39 is 23.5 Å². The van der Waals surface area contributed by atoms with Gasteiger partial charge in [0, 0.05) is 17.9 Å². The van der Waals surface area contributed by atoms with Crippen LogP contribution in [-0.4, -0.2) is 16.8 Å². The van der Waals surface area contributed by atoms with E-state index in [0.29, 0.717) is 6.42 Å². The van der Waals surface area contributed by atoms with Gasteiger partial charge in [-0.1, -0.05) is 12.1 Å². The van der Waals surface area contributed by atoms with Crippen molar-refractivity contribution in [3.8, 4) is 0 Å². The lowest BCUT2D eigenvalue weighted by molar-refractivity contribution is -0.137. The van der Waals surface area contributed by atoms with Gasteiger partial charge >= 0.3 is 6.18 Å². The zero-order valence-corrected chi connectivity index (χ0v) is 9.04. The third kappa shape index (κ3) is 3.34. The maximum atomic E-state index is 12.5. The monoisotopic (exact) mass is 249 g/mol. The molecule has 0 bridgehead atoms. The molecule has 1 aromatic carbocycles. The molecule has 0 fully saturated rings. The second kappa shape index (κ2) is 5.37. The van der Waals surface area contributed by atoms with E-state index in [-0.39, 0.29) is 18.6 Å². The van der Waals surface area contributed by atoms with E-state index in [1.54, 1.807) is 0 Å². The quantitative estimate of drug-likeness (QED) is 0.716. The number of rotatable bonds is 4. The molecular formula is C11H14F3NO2. The largest absolute Gasteiger partial charge is 0.418 e. The third-order valence-corrected chi connectivity index (χ3v) is 2.44. The van der Waals surface area contributed by atoms with Gasteiger partial charge in [-0.2, -0.15) is 13.2 Å². The van der Waals surface area contributed by atoms with Crippen LogP contribution in [0.3, 0.4) is 0 Å². The zero-order chi connectivity index (χ0) is 13.1. The van der Waals surface area contributed by atoms with Gasteiger partial charge in [0.2, 0.25) is 0 Å². The van der Waals surface area contributed by atoms with Crippen LogP contribution in [0.5, 0.6) is 0 Å². The molecule has 4 N–H and O–H groups in total. The van der Waals surface area contributed by atoms with Gasteiger partial charge in [0.05, 0.1) is 11.7 Å². The van der Waals surface area contributed by atoms with E-state index in [0.717, 1.165) is 6.07 Å². The highest BCUT2D eigenvalue weighted by Gasteiger charge is 2.34. The Morgan fingerprint density at radius 2 is 1.94 bits per heavy atom. The molecular weight excluding hydrogens is 235 g/mol. The van der Waals surface area contributed by atoms with Crippen LogP contribution in [0.25, 0.3) is 0 Å². The molecule has 0 aromatic heterocycles. The first-order chi connectivity index (χ1) is 7.88. The van der Waals surface area contributed by atoms with Crippen molar-refractivity contribution in [2.75, 3.05) is 12.3 Å². The Balaban J connectivity index is 3.02. The number of hydrogen-bond donors (Lipinski definition) is 3. The lowest BCUT2D eigenvalue weighted by Gasteiger charge is -2.17. The van der Waals surface area contributed by atoms with Gasteiger partial charge in [0.1, 0.15) is 0 Å². The fraction of sp³-hybridized carbons (Fsp3) is 0.455. The number of nitrogens with two attached hydrogens (primary N) is 1. The standard InChI is InChI=1S/C11H14F3NO2/c12-11(13,14)8-4-1-3-7(10(8)15)9(17)5-2-6-16/h1,3-4,9,16-17H,2,5-6,15H2. The maximum absolute atomic E-state index is 12.5. The Bertz CT molecular complexity index is 379. The smallest absolute Gasteiger partial charge is 0.398 e. The molecule has 1 atom stereocenters. The van der Waals surface area contributed by atoms with Crippen LogP contribution in [0.4, 0.5) is 18.9 Å². The van der Waals surface area contributed by atoms with Crippen molar-refractivity contribution in [3.05, 3.63) is 29.3 Å². The van der Waals surface area contributed by atoms with Crippen molar-refractivity contribution in [2.45, 2.75) is 25.1 Å². The number of benzene rings is 1. The minimum Gasteiger partial charge on any atom is -0.398 e. The van der Waals surface area contributed by atoms with Crippen molar-refractivity contribution in [1.29, 1.82) is 0 Å². The Hall–Kier alpha value is -1.27. The number of halogens is 3. The number of para-hydroxylation sites is 1. The molecule has 0 saturated carbocycles. The van der Waals surface area contributed by atoms with Gasteiger partial charge in [0.15, 0.2) is 0 Å². The van der Waals surface area contributed by atoms with Crippen molar-refractivity contribution in [2.24, 2.45) is 0 Å². The summed E-state index contributed by atoms with van der Waals surface area (Å²) in [5.41, 5.74) is 4.05. The Morgan fingerprint density at radius 3 is 2.47 bits per heavy atom. The Labute approximate surface area is 96.7 Å². The van der Waals surface area contributed by atoms with Crippen molar-refractivity contribution in [1.82, 2.24) is 0 Å². The second-order valence-electron chi connectivity index (χ2n) is 3.69. The summed E-state index contributed by atoms with van der Waals surface area (Å²) in [5.74, 6) is 0. The third-order valence-electron chi connectivity index (χ3n) is 2.44. The van der Waals surface area contributed by atoms with Crippen LogP contribution in [0.2, 0.25) is 0 Å². The first-order valence-electron chi connectivity index (χ1n) is 5.12. The predicted octanol–water partition coefficient (Wildman–Crippen LogP) is 2.09. The molecule has 0 amide bonds. The lowest BCUT2D eigenvalue weighted by atomic mass is 9.99. The van der Waals surface area contributed by atoms with Crippen LogP contribution in [0.1, 0.15) is 30.1 Å². The number of aliphatic hydroxyl groups excluding tert-OH is 2. The normalized spacial score (nSPS) is 13.7. The van der Waals surface area contributed by atoms with Gasteiger partial charge in [-0.05, 0) is 18.9 Å². The van der Waals surface area contributed by atoms with Gasteiger partial charge in [-0.15, -0.1) is 0 Å². The van der Waals surface area contributed by atoms with Gasteiger partial charge in [-0.25, -0.2) is 0 Å². The summed E-state index contributed by atoms with van der Waals surface area (Å²) in [6.45, 7) is -0.129. The number of nitrogen functional groups attached to an aromatic ring is 1. The van der Waals surface area contributed by atoms with E-state index in [1.165, 1.54) is 12.1 Å². The number of aliphatic hydroxyl groups is 2. The molecule has 1 rings (SSSR count). The highest BCUT2D eigenvalue weighted by atomic mass is 19.4. The average molecular weight is 249 g/mol. The summed E-state index contributed by atoms with van der Waals surface area (Å²) in [6, 6.07) is 3.43. The molecule has 1 unspecified atom stereocenters. The van der Waals surface area contributed by atoms with E-state index in [2.05, 4.69) is 0 Å². The van der Waals surface area contributed by atoms with E-state index in [9.17, 15) is 18.3 Å². The summed E-state index contributed by atoms with van der Waals surface area (Å²) in [4.78, 5) is 0. The maximum Gasteiger partial charge on any atom is 0.418 e. The first kappa shape index (κ1) is 13.8. The number of alkyl halides is 3. The van der Waals surface area contributed by atoms with Gasteiger partial charge in [-0.3, -0.25) is 0 Å². The molecule has 0 aliphatic heterocycles. The van der Waals surface area contributed by atoms with Crippen LogP contribution >= 0.6 is 0 Å². The summed E-state index contributed by atoms with van der Waals surface area (Å²) in [5, 5.41) is 18.3. The molecule has 1 aromatic rings. The number of hydrogen-bond acceptors (Lipinski definition) is 3. The van der Waals surface area contributed by atoms with Crippen molar-refractivity contribution in [3.63, 3.8) is 0 Å². The molecule has 0 aliphatic carbocycles. The molecule has 3 nitrogen and oxygen atoms in total. The summed E-state index contributed by atoms with van der Waals surface area (Å²) in [6.07, 6.45) is -5.15. The fourth-order valence-corrected chi connectivity index (χ4v) is 1.56. The van der Waals surface area contributed by atoms with Gasteiger partial charge < -0.3 is 15.9 Å². The van der Waals surface area contributed by atoms with E-state index >= 15 is 0 Å². The minimum absolute atomic E-state index is 0.0493. The molecule has 0 aliphatic rings. The summed E-state index contributed by atoms with van der Waals surface area (Å²) in [7, 11) is 0. The van der Waals surface area contributed by atoms with Crippen molar-refractivity contribution >= 4 is 5.69 Å². The van der Waals surface area contributed by atoms with Crippen LogP contribution in [0.15, 0.2) is 18.2 Å². The Kier molecular flexibility index (Phi) is 4.36. The first-order valence-corrected chi connectivity index (χ1v) is 5.12. The highest BCUT2D eigenvalue weighted by molar-refractivity contribution is 5.56. The molecule has 0 spiro atoms. The molecule has 0 saturated heterocycles. The second-order valence-corrected chi connectivity index (χ2v) is 3.69. The van der Waals surface area contributed by atoms with Crippen LogP contribution < -0.4 is 5.73 Å². The summed E-state index contributed by atoms with van der Waals surface area (Å²) < 4.78 is 37.6. The van der Waals surface area contributed by atoms with Gasteiger partial charge in [0.25, 0.3) is 0 Å². The van der Waals surface area contributed by atoms with Crippen LogP contribution in [0, 0.1) is 0 Å². The number of anilines is 1. The molecule has 96 valence electrons. The summed E-state index contributed by atoms with van der Waals surface area (Å²) >= 11 is 0. The van der Waals surface area contributed by atoms with Crippen LogP contribution in [-0.2, 0) is 6.18 Å².